The Kier molecular flexibility index (Phi) is 6.66. The molecule has 6 nitrogen and oxygen atoms in total. The lowest BCUT2D eigenvalue weighted by molar-refractivity contribution is -0.114. The van der Waals surface area contributed by atoms with Gasteiger partial charge in [-0.05, 0) is 42.9 Å². The van der Waals surface area contributed by atoms with Gasteiger partial charge in [0.15, 0.2) is 22.4 Å². The number of thiazole rings is 1. The number of fused-ring (bicyclic) bond motifs is 2. The van der Waals surface area contributed by atoms with Crippen molar-refractivity contribution >= 4 is 38.7 Å². The maximum Gasteiger partial charge on any atom is 0.252 e. The van der Waals surface area contributed by atoms with Crippen LogP contribution in [0, 0.1) is 11.6 Å². The van der Waals surface area contributed by atoms with E-state index in [4.69, 9.17) is 9.47 Å². The predicted octanol–water partition coefficient (Wildman–Crippen LogP) is 4.69. The first-order chi connectivity index (χ1) is 15.5. The lowest BCUT2D eigenvalue weighted by Crippen LogP contribution is -2.38. The van der Waals surface area contributed by atoms with Crippen LogP contribution >= 0.6 is 11.3 Å². The van der Waals surface area contributed by atoms with Gasteiger partial charge in [-0.2, -0.15) is 0 Å². The molecule has 2 aromatic carbocycles. The predicted molar refractivity (Wildman–Crippen MR) is 121 cm³/mol. The smallest absolute Gasteiger partial charge is 0.252 e. The number of likely N-dealkylation sites (N-methyl/N-ethyl adjacent to an activating group) is 1. The first kappa shape index (κ1) is 22.2. The molecule has 1 amide bonds. The molecule has 0 N–H and O–H groups in total. The van der Waals surface area contributed by atoms with Gasteiger partial charge in [-0.25, -0.2) is 13.8 Å². The van der Waals surface area contributed by atoms with Crippen LogP contribution in [0.3, 0.4) is 0 Å². The Hall–Kier alpha value is -3.04. The largest absolute Gasteiger partial charge is 0.454 e. The van der Waals surface area contributed by atoms with Gasteiger partial charge in [-0.1, -0.05) is 31.3 Å². The minimum absolute atomic E-state index is 0.0618. The summed E-state index contributed by atoms with van der Waals surface area (Å²) in [6.07, 6.45) is 3.13. The first-order valence-corrected chi connectivity index (χ1v) is 11.2. The lowest BCUT2D eigenvalue weighted by atomic mass is 10.2. The number of halogens is 2. The van der Waals surface area contributed by atoms with Crippen LogP contribution in [0.2, 0.25) is 0 Å². The summed E-state index contributed by atoms with van der Waals surface area (Å²) in [5.41, 5.74) is 0.843. The van der Waals surface area contributed by atoms with Gasteiger partial charge in [0, 0.05) is 25.2 Å². The van der Waals surface area contributed by atoms with Crippen LogP contribution in [0.25, 0.3) is 16.3 Å². The Morgan fingerprint density at radius 2 is 1.91 bits per heavy atom. The molecule has 0 bridgehead atoms. The van der Waals surface area contributed by atoms with Crippen LogP contribution in [0.5, 0.6) is 11.5 Å². The lowest BCUT2D eigenvalue weighted by Gasteiger charge is -2.23. The van der Waals surface area contributed by atoms with Crippen molar-refractivity contribution in [1.82, 2.24) is 9.88 Å². The van der Waals surface area contributed by atoms with E-state index in [0.29, 0.717) is 34.4 Å². The van der Waals surface area contributed by atoms with E-state index in [1.54, 1.807) is 18.2 Å². The summed E-state index contributed by atoms with van der Waals surface area (Å²) in [5.74, 6) is -0.419. The van der Waals surface area contributed by atoms with Crippen LogP contribution in [-0.4, -0.2) is 48.8 Å². The number of nitrogens with zero attached hydrogens (tertiary/aromatic N) is 3. The summed E-state index contributed by atoms with van der Waals surface area (Å²) in [6.45, 7) is 6.95. The second-order valence-corrected chi connectivity index (χ2v) is 8.20. The Morgan fingerprint density at radius 1 is 1.12 bits per heavy atom. The van der Waals surface area contributed by atoms with Gasteiger partial charge >= 0.3 is 0 Å². The highest BCUT2D eigenvalue weighted by atomic mass is 32.1. The molecule has 168 valence electrons. The molecule has 3 aromatic rings. The molecule has 0 aliphatic carbocycles. The van der Waals surface area contributed by atoms with E-state index >= 15 is 0 Å². The van der Waals surface area contributed by atoms with Crippen molar-refractivity contribution in [2.24, 2.45) is 0 Å². The van der Waals surface area contributed by atoms with Crippen LogP contribution < -0.4 is 14.4 Å². The van der Waals surface area contributed by atoms with Crippen molar-refractivity contribution in [2.75, 3.05) is 37.9 Å². The molecule has 1 aromatic heterocycles. The highest BCUT2D eigenvalue weighted by Gasteiger charge is 2.21. The molecular weight excluding hydrogens is 436 g/mol. The number of amides is 1. The summed E-state index contributed by atoms with van der Waals surface area (Å²) < 4.78 is 38.9. The summed E-state index contributed by atoms with van der Waals surface area (Å²) in [5, 5.41) is 0.331. The van der Waals surface area contributed by atoms with Crippen LogP contribution in [0.4, 0.5) is 13.9 Å². The quantitative estimate of drug-likeness (QED) is 0.458. The zero-order valence-electron chi connectivity index (χ0n) is 17.8. The Bertz CT molecular complexity index is 1160. The Morgan fingerprint density at radius 3 is 2.69 bits per heavy atom. The van der Waals surface area contributed by atoms with E-state index in [1.807, 2.05) is 19.9 Å². The molecule has 0 atom stereocenters. The Labute approximate surface area is 188 Å². The fourth-order valence-corrected chi connectivity index (χ4v) is 4.45. The van der Waals surface area contributed by atoms with Gasteiger partial charge in [0.1, 0.15) is 11.3 Å². The molecular formula is C23H23F2N3O3S. The molecule has 1 aliphatic rings. The number of benzene rings is 2. The summed E-state index contributed by atoms with van der Waals surface area (Å²) in [7, 11) is 0. The molecule has 0 unspecified atom stereocenters. The maximum atomic E-state index is 14.2. The highest BCUT2D eigenvalue weighted by Crippen LogP contribution is 2.33. The van der Waals surface area contributed by atoms with E-state index in [-0.39, 0.29) is 18.2 Å². The molecule has 1 aliphatic heterocycles. The second-order valence-electron chi connectivity index (χ2n) is 7.19. The first-order valence-electron chi connectivity index (χ1n) is 10.4. The zero-order valence-corrected chi connectivity index (χ0v) is 18.6. The molecule has 4 rings (SSSR count). The molecule has 9 heteroatoms. The maximum absolute atomic E-state index is 14.2. The summed E-state index contributed by atoms with van der Waals surface area (Å²) >= 11 is 1.09. The van der Waals surface area contributed by atoms with Crippen molar-refractivity contribution in [3.63, 3.8) is 0 Å². The number of carbonyl (C=O) groups is 1. The number of rotatable bonds is 8. The highest BCUT2D eigenvalue weighted by molar-refractivity contribution is 7.22. The van der Waals surface area contributed by atoms with E-state index in [9.17, 15) is 13.6 Å². The van der Waals surface area contributed by atoms with Gasteiger partial charge < -0.3 is 14.4 Å². The number of hydrogen-bond acceptors (Lipinski definition) is 6. The minimum Gasteiger partial charge on any atom is -0.454 e. The standard InChI is InChI=1S/C23H23F2N3O3S/c1-3-27(4-2)9-10-28(23-26-22-17(25)12-16(24)13-20(22)32-23)21(29)8-6-15-5-7-18-19(11-15)31-14-30-18/h5-8,11-13H,3-4,9-10,14H2,1-2H3/b8-6+. The minimum atomic E-state index is -0.741. The molecule has 0 radical (unpaired) electrons. The van der Waals surface area contributed by atoms with Gasteiger partial charge in [-0.15, -0.1) is 0 Å². The summed E-state index contributed by atoms with van der Waals surface area (Å²) in [4.78, 5) is 21.1. The SMILES string of the molecule is CCN(CC)CCN(C(=O)/C=C/c1ccc2c(c1)OCO2)c1nc2c(F)cc(F)cc2s1. The molecule has 2 heterocycles. The van der Waals surface area contributed by atoms with Crippen molar-refractivity contribution < 1.29 is 23.0 Å². The molecule has 0 saturated carbocycles. The zero-order chi connectivity index (χ0) is 22.7. The third-order valence-electron chi connectivity index (χ3n) is 5.25. The number of carbonyl (C=O) groups excluding carboxylic acids is 1. The van der Waals surface area contributed by atoms with Crippen molar-refractivity contribution in [1.29, 1.82) is 0 Å². The van der Waals surface area contributed by atoms with Crippen LogP contribution in [0.15, 0.2) is 36.4 Å². The molecule has 0 fully saturated rings. The Balaban J connectivity index is 1.61. The summed E-state index contributed by atoms with van der Waals surface area (Å²) in [6, 6.07) is 7.44. The third-order valence-corrected chi connectivity index (χ3v) is 6.27. The van der Waals surface area contributed by atoms with Gasteiger partial charge in [-0.3, -0.25) is 9.69 Å². The van der Waals surface area contributed by atoms with Crippen molar-refractivity contribution in [2.45, 2.75) is 13.8 Å². The number of aromatic nitrogens is 1. The fourth-order valence-electron chi connectivity index (χ4n) is 3.42. The topological polar surface area (TPSA) is 54.9 Å². The van der Waals surface area contributed by atoms with Crippen molar-refractivity contribution in [3.8, 4) is 11.5 Å². The van der Waals surface area contributed by atoms with E-state index in [0.717, 1.165) is 36.1 Å². The van der Waals surface area contributed by atoms with Crippen molar-refractivity contribution in [3.05, 3.63) is 53.6 Å². The van der Waals surface area contributed by atoms with E-state index in [1.165, 1.54) is 17.0 Å². The van der Waals surface area contributed by atoms with Crippen LogP contribution in [0.1, 0.15) is 19.4 Å². The van der Waals surface area contributed by atoms with E-state index in [2.05, 4.69) is 9.88 Å². The van der Waals surface area contributed by atoms with Crippen LogP contribution in [-0.2, 0) is 4.79 Å². The normalized spacial score (nSPS) is 12.9. The third kappa shape index (κ3) is 4.73. The van der Waals surface area contributed by atoms with Gasteiger partial charge in [0.25, 0.3) is 5.91 Å². The molecule has 0 saturated heterocycles. The molecule has 32 heavy (non-hydrogen) atoms. The number of hydrogen-bond donors (Lipinski definition) is 0. The number of ether oxygens (including phenoxy) is 2. The monoisotopic (exact) mass is 459 g/mol. The van der Waals surface area contributed by atoms with E-state index < -0.39 is 11.6 Å². The second kappa shape index (κ2) is 9.62. The average molecular weight is 460 g/mol. The van der Waals surface area contributed by atoms with Gasteiger partial charge in [0.2, 0.25) is 6.79 Å². The number of anilines is 1. The fraction of sp³-hybridized carbons (Fsp3) is 0.304. The molecule has 0 spiro atoms. The van der Waals surface area contributed by atoms with Gasteiger partial charge in [0.05, 0.1) is 4.70 Å². The average Bonchev–Trinajstić information content (AvgIpc) is 3.41.